The van der Waals surface area contributed by atoms with Gasteiger partial charge in [0.15, 0.2) is 0 Å². The minimum Gasteiger partial charge on any atom is -0.349 e. The van der Waals surface area contributed by atoms with Crippen LogP contribution in [0.25, 0.3) is 6.08 Å². The first-order valence-electron chi connectivity index (χ1n) is 13.2. The Bertz CT molecular complexity index is 1310. The zero-order valence-electron chi connectivity index (χ0n) is 21.7. The first-order valence-corrected chi connectivity index (χ1v) is 14.0. The van der Waals surface area contributed by atoms with Crippen LogP contribution in [0.4, 0.5) is 5.69 Å². The molecule has 190 valence electrons. The molecular formula is C32H34N2O2S. The average molecular weight is 511 g/mol. The monoisotopic (exact) mass is 510 g/mol. The van der Waals surface area contributed by atoms with Gasteiger partial charge in [-0.15, -0.1) is 0 Å². The van der Waals surface area contributed by atoms with E-state index in [0.717, 1.165) is 28.1 Å². The van der Waals surface area contributed by atoms with Crippen LogP contribution in [-0.4, -0.2) is 17.9 Å². The minimum atomic E-state index is -0.0218. The lowest BCUT2D eigenvalue weighted by Gasteiger charge is -2.34. The predicted molar refractivity (Wildman–Crippen MR) is 153 cm³/mol. The molecule has 3 aromatic carbocycles. The van der Waals surface area contributed by atoms with Crippen molar-refractivity contribution in [2.75, 3.05) is 4.90 Å². The standard InChI is InChI=1S/C32H34N2O2S/c1-21-11-13-25(14-12-21)20-34-28-9-4-5-10-29(28)37-30(32(34)36)19-24-15-17-26(18-16-24)31(35)33-27-8-6-7-22(2)23(27)3/h4-5,9-19,22-23,27H,6-8,20H2,1-3H3,(H,33,35)/b30-19+. The van der Waals surface area contributed by atoms with Gasteiger partial charge in [-0.2, -0.15) is 0 Å². The lowest BCUT2D eigenvalue weighted by Crippen LogP contribution is -2.43. The van der Waals surface area contributed by atoms with Gasteiger partial charge in [0.2, 0.25) is 0 Å². The Kier molecular flexibility index (Phi) is 7.52. The number of aryl methyl sites for hydroxylation is 1. The van der Waals surface area contributed by atoms with E-state index in [-0.39, 0.29) is 17.9 Å². The van der Waals surface area contributed by atoms with Gasteiger partial charge < -0.3 is 10.2 Å². The van der Waals surface area contributed by atoms with Crippen molar-refractivity contribution in [2.24, 2.45) is 11.8 Å². The summed E-state index contributed by atoms with van der Waals surface area (Å²) < 4.78 is 0. The van der Waals surface area contributed by atoms with Gasteiger partial charge in [0.25, 0.3) is 11.8 Å². The van der Waals surface area contributed by atoms with Crippen LogP contribution in [0.1, 0.15) is 60.2 Å². The van der Waals surface area contributed by atoms with Crippen LogP contribution < -0.4 is 10.2 Å². The van der Waals surface area contributed by atoms with Crippen LogP contribution in [-0.2, 0) is 11.3 Å². The summed E-state index contributed by atoms with van der Waals surface area (Å²) in [5.41, 5.74) is 4.79. The quantitative estimate of drug-likeness (QED) is 0.368. The van der Waals surface area contributed by atoms with Gasteiger partial charge in [0.05, 0.1) is 17.1 Å². The van der Waals surface area contributed by atoms with E-state index in [1.54, 1.807) is 0 Å². The molecule has 3 unspecified atom stereocenters. The van der Waals surface area contributed by atoms with Crippen molar-refractivity contribution < 1.29 is 9.59 Å². The normalized spacial score (nSPS) is 22.6. The van der Waals surface area contributed by atoms with Crippen molar-refractivity contribution >= 4 is 35.3 Å². The number of benzene rings is 3. The molecule has 1 N–H and O–H groups in total. The average Bonchev–Trinajstić information content (AvgIpc) is 2.90. The number of nitrogens with zero attached hydrogens (tertiary/aromatic N) is 1. The van der Waals surface area contributed by atoms with Gasteiger partial charge in [0, 0.05) is 16.5 Å². The van der Waals surface area contributed by atoms with Crippen molar-refractivity contribution in [3.05, 3.63) is 100.0 Å². The number of fused-ring (bicyclic) bond motifs is 1. The molecule has 0 bridgehead atoms. The summed E-state index contributed by atoms with van der Waals surface area (Å²) in [6.45, 7) is 7.10. The molecule has 1 saturated carbocycles. The fourth-order valence-electron chi connectivity index (χ4n) is 5.21. The van der Waals surface area contributed by atoms with Crippen LogP contribution in [0.2, 0.25) is 0 Å². The summed E-state index contributed by atoms with van der Waals surface area (Å²) in [5.74, 6) is 1.09. The molecule has 1 aliphatic carbocycles. The maximum Gasteiger partial charge on any atom is 0.265 e. The van der Waals surface area contributed by atoms with E-state index in [9.17, 15) is 9.59 Å². The Morgan fingerprint density at radius 2 is 1.73 bits per heavy atom. The molecule has 4 nitrogen and oxygen atoms in total. The summed E-state index contributed by atoms with van der Waals surface area (Å²) in [7, 11) is 0. The van der Waals surface area contributed by atoms with Crippen molar-refractivity contribution in [3.63, 3.8) is 0 Å². The van der Waals surface area contributed by atoms with Crippen molar-refractivity contribution in [3.8, 4) is 0 Å². The summed E-state index contributed by atoms with van der Waals surface area (Å²) in [4.78, 5) is 30.1. The molecule has 3 aromatic rings. The van der Waals surface area contributed by atoms with Crippen molar-refractivity contribution in [1.82, 2.24) is 5.32 Å². The van der Waals surface area contributed by atoms with E-state index in [1.165, 1.54) is 30.2 Å². The molecule has 2 amide bonds. The van der Waals surface area contributed by atoms with E-state index in [0.29, 0.717) is 28.8 Å². The van der Waals surface area contributed by atoms with Crippen molar-refractivity contribution in [2.45, 2.75) is 57.5 Å². The largest absolute Gasteiger partial charge is 0.349 e. The molecule has 37 heavy (non-hydrogen) atoms. The van der Waals surface area contributed by atoms with Crippen molar-refractivity contribution in [1.29, 1.82) is 0 Å². The Morgan fingerprint density at radius 3 is 2.49 bits per heavy atom. The molecule has 2 aliphatic rings. The third-order valence-corrected chi connectivity index (χ3v) is 8.86. The molecule has 5 rings (SSSR count). The SMILES string of the molecule is Cc1ccc(CN2C(=O)/C(=C\c3ccc(C(=O)NC4CCCC(C)C4C)cc3)Sc3ccccc32)cc1. The number of hydrogen-bond acceptors (Lipinski definition) is 3. The molecule has 0 saturated heterocycles. The zero-order valence-corrected chi connectivity index (χ0v) is 22.6. The second kappa shape index (κ2) is 11.0. The highest BCUT2D eigenvalue weighted by Crippen LogP contribution is 2.42. The number of nitrogens with one attached hydrogen (secondary N) is 1. The Balaban J connectivity index is 1.34. The number of anilines is 1. The third-order valence-electron chi connectivity index (χ3n) is 7.79. The minimum absolute atomic E-state index is 0.00787. The molecule has 1 aliphatic heterocycles. The Morgan fingerprint density at radius 1 is 1.00 bits per heavy atom. The fourth-order valence-corrected chi connectivity index (χ4v) is 6.27. The number of para-hydroxylation sites is 1. The topological polar surface area (TPSA) is 49.4 Å². The molecule has 0 radical (unpaired) electrons. The van der Waals surface area contributed by atoms with Crippen LogP contribution >= 0.6 is 11.8 Å². The van der Waals surface area contributed by atoms with Gasteiger partial charge >= 0.3 is 0 Å². The molecule has 5 heteroatoms. The number of carbonyl (C=O) groups excluding carboxylic acids is 2. The van der Waals surface area contributed by atoms with Crippen LogP contribution in [0, 0.1) is 18.8 Å². The van der Waals surface area contributed by atoms with E-state index >= 15 is 0 Å². The first-order chi connectivity index (χ1) is 17.9. The lowest BCUT2D eigenvalue weighted by atomic mass is 9.78. The highest BCUT2D eigenvalue weighted by molar-refractivity contribution is 8.04. The molecule has 0 spiro atoms. The molecule has 3 atom stereocenters. The first kappa shape index (κ1) is 25.3. The molecule has 1 heterocycles. The van der Waals surface area contributed by atoms with E-state index in [4.69, 9.17) is 0 Å². The fraction of sp³-hybridized carbons (Fsp3) is 0.312. The second-order valence-electron chi connectivity index (χ2n) is 10.4. The zero-order chi connectivity index (χ0) is 25.9. The van der Waals surface area contributed by atoms with E-state index < -0.39 is 0 Å². The lowest BCUT2D eigenvalue weighted by molar-refractivity contribution is -0.114. The summed E-state index contributed by atoms with van der Waals surface area (Å²) >= 11 is 1.50. The Hall–Kier alpha value is -3.31. The molecular weight excluding hydrogens is 476 g/mol. The van der Waals surface area contributed by atoms with Crippen LogP contribution in [0.5, 0.6) is 0 Å². The highest BCUT2D eigenvalue weighted by Gasteiger charge is 2.30. The smallest absolute Gasteiger partial charge is 0.265 e. The van der Waals surface area contributed by atoms with Crippen LogP contribution in [0.3, 0.4) is 0 Å². The molecule has 1 fully saturated rings. The van der Waals surface area contributed by atoms with Gasteiger partial charge in [-0.1, -0.05) is 92.5 Å². The molecule has 0 aromatic heterocycles. The number of hydrogen-bond donors (Lipinski definition) is 1. The Labute approximate surface area is 224 Å². The van der Waals surface area contributed by atoms with E-state index in [1.807, 2.05) is 53.4 Å². The summed E-state index contributed by atoms with van der Waals surface area (Å²) in [6, 6.07) is 24.1. The van der Waals surface area contributed by atoms with E-state index in [2.05, 4.69) is 56.4 Å². The van der Waals surface area contributed by atoms with Gasteiger partial charge in [0.1, 0.15) is 0 Å². The van der Waals surface area contributed by atoms with Gasteiger partial charge in [-0.05, 0) is 66.6 Å². The maximum atomic E-state index is 13.6. The van der Waals surface area contributed by atoms with Gasteiger partial charge in [-0.25, -0.2) is 0 Å². The number of amides is 2. The summed E-state index contributed by atoms with van der Waals surface area (Å²) in [5, 5.41) is 3.25. The number of rotatable bonds is 5. The van der Waals surface area contributed by atoms with Gasteiger partial charge in [-0.3, -0.25) is 9.59 Å². The predicted octanol–water partition coefficient (Wildman–Crippen LogP) is 7.23. The second-order valence-corrected chi connectivity index (χ2v) is 11.5. The third kappa shape index (κ3) is 5.67. The summed E-state index contributed by atoms with van der Waals surface area (Å²) in [6.07, 6.45) is 5.37. The highest BCUT2D eigenvalue weighted by atomic mass is 32.2. The van der Waals surface area contributed by atoms with Crippen LogP contribution in [0.15, 0.2) is 82.6 Å². The maximum absolute atomic E-state index is 13.6. The number of thioether (sulfide) groups is 1. The number of carbonyl (C=O) groups is 2.